The van der Waals surface area contributed by atoms with E-state index < -0.39 is 0 Å². The van der Waals surface area contributed by atoms with E-state index >= 15 is 0 Å². The Bertz CT molecular complexity index is 1300. The van der Waals surface area contributed by atoms with E-state index in [-0.39, 0.29) is 11.8 Å². The van der Waals surface area contributed by atoms with Gasteiger partial charge in [-0.05, 0) is 67.4 Å². The highest BCUT2D eigenvalue weighted by Gasteiger charge is 2.12. The molecule has 0 saturated heterocycles. The number of nitriles is 1. The summed E-state index contributed by atoms with van der Waals surface area (Å²) in [5.41, 5.74) is 2.81. The molecule has 2 aromatic carbocycles. The highest BCUT2D eigenvalue weighted by Crippen LogP contribution is 2.26. The largest absolute Gasteiger partial charge is 0.387 e. The fourth-order valence-corrected chi connectivity index (χ4v) is 4.30. The lowest BCUT2D eigenvalue weighted by Gasteiger charge is -2.21. The van der Waals surface area contributed by atoms with Gasteiger partial charge < -0.3 is 21.3 Å². The van der Waals surface area contributed by atoms with E-state index in [4.69, 9.17) is 5.26 Å². The Morgan fingerprint density at radius 3 is 2.63 bits per heavy atom. The number of allylic oxidation sites excluding steroid dienone is 2. The number of carbonyl (C=O) groups is 3. The summed E-state index contributed by atoms with van der Waals surface area (Å²) in [7, 11) is 0. The molecule has 0 aromatic heterocycles. The smallest absolute Gasteiger partial charge is 0.255 e. The molecule has 11 nitrogen and oxygen atoms in total. The number of anilines is 3. The van der Waals surface area contributed by atoms with Gasteiger partial charge in [-0.2, -0.15) is 5.26 Å². The Morgan fingerprint density at radius 1 is 1.13 bits per heavy atom. The summed E-state index contributed by atoms with van der Waals surface area (Å²) in [5.74, 6) is -0.646. The molecule has 0 radical (unpaired) electrons. The Labute approximate surface area is 225 Å². The number of rotatable bonds is 7. The van der Waals surface area contributed by atoms with Crippen molar-refractivity contribution in [3.63, 3.8) is 0 Å². The standard InChI is InChI=1S/C26H28N8O3S/c1-18-13-22(15-27)30-16-28-9-11-34(12-10-29-18)38-23-6-4-21(5-7-23)33-26(37)20-3-8-24(32-19(2)36)25(14-20)31-17-35/h3-8,13-14,16-17,29H,9-12H2,1-2H3,(H,31,35)(H,32,36)(H,33,37)/b18-13-,28-16?,30-22?. The highest BCUT2D eigenvalue weighted by atomic mass is 32.2. The van der Waals surface area contributed by atoms with Crippen LogP contribution in [0.25, 0.3) is 0 Å². The second kappa shape index (κ2) is 14.3. The van der Waals surface area contributed by atoms with Gasteiger partial charge in [-0.3, -0.25) is 19.4 Å². The van der Waals surface area contributed by atoms with E-state index in [1.165, 1.54) is 19.3 Å². The van der Waals surface area contributed by atoms with E-state index in [9.17, 15) is 14.4 Å². The lowest BCUT2D eigenvalue weighted by molar-refractivity contribution is -0.114. The number of benzene rings is 2. The lowest BCUT2D eigenvalue weighted by Crippen LogP contribution is -2.29. The zero-order valence-electron chi connectivity index (χ0n) is 21.0. The Kier molecular flexibility index (Phi) is 10.6. The molecular formula is C26H28N8O3S. The van der Waals surface area contributed by atoms with Crippen molar-refractivity contribution in [2.75, 3.05) is 42.1 Å². The van der Waals surface area contributed by atoms with Gasteiger partial charge in [0.2, 0.25) is 12.3 Å². The van der Waals surface area contributed by atoms with Crippen molar-refractivity contribution in [3.05, 3.63) is 59.8 Å². The molecule has 12 heteroatoms. The van der Waals surface area contributed by atoms with E-state index in [1.54, 1.807) is 30.2 Å². The first kappa shape index (κ1) is 28.1. The summed E-state index contributed by atoms with van der Waals surface area (Å²) in [6, 6.07) is 14.1. The van der Waals surface area contributed by atoms with Crippen LogP contribution >= 0.6 is 11.9 Å². The normalized spacial score (nSPS) is 15.7. The summed E-state index contributed by atoms with van der Waals surface area (Å²) in [5, 5.41) is 20.4. The molecule has 196 valence electrons. The molecule has 2 aromatic rings. The van der Waals surface area contributed by atoms with Crippen molar-refractivity contribution in [2.45, 2.75) is 18.7 Å². The van der Waals surface area contributed by atoms with Gasteiger partial charge in [0.05, 0.1) is 17.9 Å². The van der Waals surface area contributed by atoms with Gasteiger partial charge in [-0.15, -0.1) is 0 Å². The van der Waals surface area contributed by atoms with Crippen LogP contribution in [-0.2, 0) is 9.59 Å². The number of aliphatic imine (C=N–C) groups is 2. The third-order valence-electron chi connectivity index (χ3n) is 5.14. The molecular weight excluding hydrogens is 504 g/mol. The number of nitrogens with zero attached hydrogens (tertiary/aromatic N) is 4. The number of amides is 3. The zero-order chi connectivity index (χ0) is 27.3. The summed E-state index contributed by atoms with van der Waals surface area (Å²) in [6.45, 7) is 5.90. The minimum Gasteiger partial charge on any atom is -0.387 e. The molecule has 0 bridgehead atoms. The highest BCUT2D eigenvalue weighted by molar-refractivity contribution is 7.97. The second-order valence-electron chi connectivity index (χ2n) is 8.10. The van der Waals surface area contributed by atoms with Crippen LogP contribution < -0.4 is 21.3 Å². The molecule has 1 aliphatic heterocycles. The van der Waals surface area contributed by atoms with Gasteiger partial charge >= 0.3 is 0 Å². The maximum Gasteiger partial charge on any atom is 0.255 e. The molecule has 0 unspecified atom stereocenters. The fourth-order valence-electron chi connectivity index (χ4n) is 3.38. The fraction of sp³-hybridized carbons (Fsp3) is 0.231. The van der Waals surface area contributed by atoms with Crippen LogP contribution in [0.1, 0.15) is 24.2 Å². The van der Waals surface area contributed by atoms with Gasteiger partial charge in [-0.1, -0.05) is 0 Å². The zero-order valence-corrected chi connectivity index (χ0v) is 21.8. The minimum atomic E-state index is -0.355. The monoisotopic (exact) mass is 532 g/mol. The van der Waals surface area contributed by atoms with Gasteiger partial charge in [0.1, 0.15) is 18.1 Å². The quantitative estimate of drug-likeness (QED) is 0.316. The molecule has 0 atom stereocenters. The third kappa shape index (κ3) is 8.88. The number of nitrogens with one attached hydrogen (secondary N) is 4. The Hall–Kier alpha value is -4.47. The minimum absolute atomic E-state index is 0.291. The maximum absolute atomic E-state index is 12.8. The van der Waals surface area contributed by atoms with Crippen LogP contribution in [0.5, 0.6) is 0 Å². The van der Waals surface area contributed by atoms with Crippen LogP contribution in [0, 0.1) is 11.3 Å². The summed E-state index contributed by atoms with van der Waals surface area (Å²) < 4.78 is 2.18. The predicted molar refractivity (Wildman–Crippen MR) is 150 cm³/mol. The average Bonchev–Trinajstić information content (AvgIpc) is 2.88. The van der Waals surface area contributed by atoms with Gasteiger partial charge in [0, 0.05) is 48.4 Å². The molecule has 38 heavy (non-hydrogen) atoms. The van der Waals surface area contributed by atoms with E-state index in [2.05, 4.69) is 35.6 Å². The molecule has 1 aliphatic rings. The van der Waals surface area contributed by atoms with E-state index in [1.807, 2.05) is 37.3 Å². The van der Waals surface area contributed by atoms with Gasteiger partial charge in [0.15, 0.2) is 0 Å². The van der Waals surface area contributed by atoms with Crippen LogP contribution in [0.4, 0.5) is 17.1 Å². The number of hydrogen-bond acceptors (Lipinski definition) is 9. The van der Waals surface area contributed by atoms with Crippen LogP contribution in [-0.4, -0.2) is 60.8 Å². The van der Waals surface area contributed by atoms with E-state index in [0.29, 0.717) is 54.4 Å². The van der Waals surface area contributed by atoms with Crippen LogP contribution in [0.15, 0.2) is 69.1 Å². The van der Waals surface area contributed by atoms with Crippen LogP contribution in [0.3, 0.4) is 0 Å². The van der Waals surface area contributed by atoms with Gasteiger partial charge in [-0.25, -0.2) is 9.30 Å². The Balaban J connectivity index is 1.62. The van der Waals surface area contributed by atoms with Crippen molar-refractivity contribution >= 4 is 59.3 Å². The Morgan fingerprint density at radius 2 is 1.92 bits per heavy atom. The van der Waals surface area contributed by atoms with Crippen molar-refractivity contribution in [1.82, 2.24) is 9.62 Å². The van der Waals surface area contributed by atoms with Crippen molar-refractivity contribution in [1.29, 1.82) is 5.26 Å². The molecule has 0 fully saturated rings. The predicted octanol–water partition coefficient (Wildman–Crippen LogP) is 3.27. The molecule has 0 spiro atoms. The first-order valence-electron chi connectivity index (χ1n) is 11.7. The SMILES string of the molecule is CC(=O)Nc1ccc(C(=O)Nc2ccc(SN3CCN=CN=C(C#N)/C=C(/C)NCC3)cc2)cc1NC=O. The van der Waals surface area contributed by atoms with Crippen molar-refractivity contribution < 1.29 is 14.4 Å². The molecule has 4 N–H and O–H groups in total. The summed E-state index contributed by atoms with van der Waals surface area (Å²) in [4.78, 5) is 44.4. The first-order chi connectivity index (χ1) is 18.4. The molecule has 0 aliphatic carbocycles. The lowest BCUT2D eigenvalue weighted by atomic mass is 10.1. The summed E-state index contributed by atoms with van der Waals surface area (Å²) >= 11 is 1.58. The maximum atomic E-state index is 12.8. The number of carbonyl (C=O) groups excluding carboxylic acids is 3. The summed E-state index contributed by atoms with van der Waals surface area (Å²) in [6.07, 6.45) is 3.58. The van der Waals surface area contributed by atoms with Crippen molar-refractivity contribution in [2.24, 2.45) is 9.98 Å². The molecule has 1 heterocycles. The third-order valence-corrected chi connectivity index (χ3v) is 6.25. The average molecular weight is 533 g/mol. The molecule has 3 amide bonds. The van der Waals surface area contributed by atoms with E-state index in [0.717, 1.165) is 17.1 Å². The van der Waals surface area contributed by atoms with Crippen molar-refractivity contribution in [3.8, 4) is 6.07 Å². The van der Waals surface area contributed by atoms with Gasteiger partial charge in [0.25, 0.3) is 5.91 Å². The topological polar surface area (TPSA) is 151 Å². The second-order valence-corrected chi connectivity index (χ2v) is 9.27. The molecule has 0 saturated carbocycles. The van der Waals surface area contributed by atoms with Crippen LogP contribution in [0.2, 0.25) is 0 Å². The molecule has 3 rings (SSSR count). The number of hydrogen-bond donors (Lipinski definition) is 4. The first-order valence-corrected chi connectivity index (χ1v) is 12.5.